The Bertz CT molecular complexity index is 507. The number of halogens is 2. The van der Waals surface area contributed by atoms with Crippen LogP contribution in [0, 0.1) is 5.41 Å². The van der Waals surface area contributed by atoms with Crippen LogP contribution in [0.2, 0.25) is 10.0 Å². The van der Waals surface area contributed by atoms with Gasteiger partial charge in [-0.1, -0.05) is 44.0 Å². The molecule has 0 aliphatic heterocycles. The fourth-order valence-corrected chi connectivity index (χ4v) is 1.49. The molecular weight excluding hydrogens is 277 g/mol. The van der Waals surface area contributed by atoms with Gasteiger partial charge in [0.05, 0.1) is 21.3 Å². The van der Waals surface area contributed by atoms with Crippen molar-refractivity contribution in [1.29, 1.82) is 0 Å². The highest BCUT2D eigenvalue weighted by atomic mass is 35.5. The molecule has 2 N–H and O–H groups in total. The zero-order valence-corrected chi connectivity index (χ0v) is 11.7. The van der Waals surface area contributed by atoms with Crippen molar-refractivity contribution in [1.82, 2.24) is 0 Å². The Kier molecular flexibility index (Phi) is 4.24. The minimum atomic E-state index is -1.14. The second kappa shape index (κ2) is 5.16. The summed E-state index contributed by atoms with van der Waals surface area (Å²) in [6.07, 6.45) is 0. The first-order valence-electron chi connectivity index (χ1n) is 5.16. The van der Waals surface area contributed by atoms with Crippen LogP contribution >= 0.6 is 23.2 Å². The Hall–Kier alpha value is -1.26. The fourth-order valence-electron chi connectivity index (χ4n) is 1.11. The van der Waals surface area contributed by atoms with Crippen LogP contribution in [0.15, 0.2) is 12.1 Å². The summed E-state index contributed by atoms with van der Waals surface area (Å²) >= 11 is 11.7. The number of amides is 1. The van der Waals surface area contributed by atoms with E-state index in [9.17, 15) is 9.59 Å². The standard InChI is InChI=1S/C12H13Cl2NO3/c1-12(2,3)11(18)15-8-5-6(10(16)17)4-7(13)9(8)14/h4-5H,1-3H3,(H,15,18)(H,16,17). The summed E-state index contributed by atoms with van der Waals surface area (Å²) in [6, 6.07) is 2.51. The molecule has 98 valence electrons. The first-order valence-corrected chi connectivity index (χ1v) is 5.92. The Morgan fingerprint density at radius 1 is 1.22 bits per heavy atom. The molecule has 0 unspecified atom stereocenters. The van der Waals surface area contributed by atoms with E-state index in [0.29, 0.717) is 0 Å². The number of carboxylic acid groups (broad SMARTS) is 1. The fraction of sp³-hybridized carbons (Fsp3) is 0.333. The summed E-state index contributed by atoms with van der Waals surface area (Å²) in [5.41, 5.74) is -0.454. The summed E-state index contributed by atoms with van der Waals surface area (Å²) < 4.78 is 0. The first-order chi connectivity index (χ1) is 8.12. The molecule has 0 heterocycles. The molecule has 0 bridgehead atoms. The molecule has 1 aromatic carbocycles. The van der Waals surface area contributed by atoms with Crippen LogP contribution in [0.25, 0.3) is 0 Å². The molecule has 0 saturated carbocycles. The molecule has 0 aliphatic carbocycles. The van der Waals surface area contributed by atoms with Crippen LogP contribution in [0.3, 0.4) is 0 Å². The van der Waals surface area contributed by atoms with E-state index >= 15 is 0 Å². The lowest BCUT2D eigenvalue weighted by Crippen LogP contribution is -2.27. The maximum atomic E-state index is 11.8. The summed E-state index contributed by atoms with van der Waals surface area (Å²) in [5.74, 6) is -1.41. The molecule has 0 saturated heterocycles. The van der Waals surface area contributed by atoms with E-state index in [4.69, 9.17) is 28.3 Å². The van der Waals surface area contributed by atoms with Gasteiger partial charge in [-0.3, -0.25) is 4.79 Å². The number of aromatic carboxylic acids is 1. The monoisotopic (exact) mass is 289 g/mol. The lowest BCUT2D eigenvalue weighted by molar-refractivity contribution is -0.123. The highest BCUT2D eigenvalue weighted by molar-refractivity contribution is 6.44. The summed E-state index contributed by atoms with van der Waals surface area (Å²) in [5, 5.41) is 11.7. The minimum Gasteiger partial charge on any atom is -0.478 e. The van der Waals surface area contributed by atoms with Gasteiger partial charge in [-0.25, -0.2) is 4.79 Å². The predicted octanol–water partition coefficient (Wildman–Crippen LogP) is 3.68. The zero-order chi connectivity index (χ0) is 14.1. The summed E-state index contributed by atoms with van der Waals surface area (Å²) in [6.45, 7) is 5.21. The van der Waals surface area contributed by atoms with Crippen molar-refractivity contribution < 1.29 is 14.7 Å². The number of rotatable bonds is 2. The highest BCUT2D eigenvalue weighted by Crippen LogP contribution is 2.32. The van der Waals surface area contributed by atoms with Crippen molar-refractivity contribution in [3.05, 3.63) is 27.7 Å². The number of hydrogen-bond acceptors (Lipinski definition) is 2. The van der Waals surface area contributed by atoms with Crippen molar-refractivity contribution in [3.63, 3.8) is 0 Å². The molecule has 0 spiro atoms. The van der Waals surface area contributed by atoms with Gasteiger partial charge in [0.2, 0.25) is 5.91 Å². The van der Waals surface area contributed by atoms with Gasteiger partial charge in [0, 0.05) is 5.41 Å². The maximum absolute atomic E-state index is 11.8. The van der Waals surface area contributed by atoms with Gasteiger partial charge in [-0.2, -0.15) is 0 Å². The van der Waals surface area contributed by atoms with Crippen molar-refractivity contribution in [3.8, 4) is 0 Å². The Morgan fingerprint density at radius 3 is 2.22 bits per heavy atom. The lowest BCUT2D eigenvalue weighted by Gasteiger charge is -2.18. The highest BCUT2D eigenvalue weighted by Gasteiger charge is 2.23. The minimum absolute atomic E-state index is 0.0337. The Labute approximate surface area is 115 Å². The Morgan fingerprint density at radius 2 is 1.78 bits per heavy atom. The maximum Gasteiger partial charge on any atom is 0.335 e. The quantitative estimate of drug-likeness (QED) is 0.873. The molecule has 0 radical (unpaired) electrons. The average Bonchev–Trinajstić information content (AvgIpc) is 2.22. The van der Waals surface area contributed by atoms with Gasteiger partial charge < -0.3 is 10.4 Å². The van der Waals surface area contributed by atoms with E-state index in [1.54, 1.807) is 20.8 Å². The molecule has 4 nitrogen and oxygen atoms in total. The third-order valence-corrected chi connectivity index (χ3v) is 3.01. The number of hydrogen-bond donors (Lipinski definition) is 2. The lowest BCUT2D eigenvalue weighted by atomic mass is 9.95. The smallest absolute Gasteiger partial charge is 0.335 e. The zero-order valence-electron chi connectivity index (χ0n) is 10.2. The van der Waals surface area contributed by atoms with E-state index in [2.05, 4.69) is 5.32 Å². The van der Waals surface area contributed by atoms with Gasteiger partial charge in [0.25, 0.3) is 0 Å². The SMILES string of the molecule is CC(C)(C)C(=O)Nc1cc(C(=O)O)cc(Cl)c1Cl. The predicted molar refractivity (Wildman–Crippen MR) is 71.5 cm³/mol. The molecular formula is C12H13Cl2NO3. The largest absolute Gasteiger partial charge is 0.478 e. The molecule has 1 amide bonds. The Balaban J connectivity index is 3.17. The number of carbonyl (C=O) groups is 2. The number of anilines is 1. The summed E-state index contributed by atoms with van der Waals surface area (Å²) in [7, 11) is 0. The normalized spacial score (nSPS) is 11.2. The number of nitrogens with one attached hydrogen (secondary N) is 1. The van der Waals surface area contributed by atoms with Crippen LogP contribution < -0.4 is 5.32 Å². The van der Waals surface area contributed by atoms with Crippen LogP contribution in [-0.2, 0) is 4.79 Å². The second-order valence-electron chi connectivity index (χ2n) is 4.83. The van der Waals surface area contributed by atoms with Crippen LogP contribution in [-0.4, -0.2) is 17.0 Å². The molecule has 0 aromatic heterocycles. The number of benzene rings is 1. The van der Waals surface area contributed by atoms with Crippen LogP contribution in [0.1, 0.15) is 31.1 Å². The van der Waals surface area contributed by atoms with Gasteiger partial charge in [0.1, 0.15) is 0 Å². The summed E-state index contributed by atoms with van der Waals surface area (Å²) in [4.78, 5) is 22.7. The van der Waals surface area contributed by atoms with E-state index < -0.39 is 11.4 Å². The van der Waals surface area contributed by atoms with Crippen molar-refractivity contribution in [2.75, 3.05) is 5.32 Å². The molecule has 6 heteroatoms. The van der Waals surface area contributed by atoms with E-state index in [1.807, 2.05) is 0 Å². The molecule has 1 aromatic rings. The van der Waals surface area contributed by atoms with Crippen molar-refractivity contribution in [2.24, 2.45) is 5.41 Å². The van der Waals surface area contributed by atoms with Crippen molar-refractivity contribution >= 4 is 40.8 Å². The molecule has 0 aliphatic rings. The average molecular weight is 290 g/mol. The molecule has 0 atom stereocenters. The van der Waals surface area contributed by atoms with Crippen LogP contribution in [0.5, 0.6) is 0 Å². The second-order valence-corrected chi connectivity index (χ2v) is 5.61. The third kappa shape index (κ3) is 3.37. The number of carbonyl (C=O) groups excluding carboxylic acids is 1. The third-order valence-electron chi connectivity index (χ3n) is 2.20. The number of carboxylic acids is 1. The van der Waals surface area contributed by atoms with Crippen molar-refractivity contribution in [2.45, 2.75) is 20.8 Å². The topological polar surface area (TPSA) is 66.4 Å². The molecule has 18 heavy (non-hydrogen) atoms. The van der Waals surface area contributed by atoms with Gasteiger partial charge in [0.15, 0.2) is 0 Å². The van der Waals surface area contributed by atoms with Crippen LogP contribution in [0.4, 0.5) is 5.69 Å². The van der Waals surface area contributed by atoms with E-state index in [0.717, 1.165) is 0 Å². The van der Waals surface area contributed by atoms with E-state index in [1.165, 1.54) is 12.1 Å². The van der Waals surface area contributed by atoms with Gasteiger partial charge >= 0.3 is 5.97 Å². The van der Waals surface area contributed by atoms with Gasteiger partial charge in [-0.15, -0.1) is 0 Å². The van der Waals surface area contributed by atoms with E-state index in [-0.39, 0.29) is 27.2 Å². The first kappa shape index (κ1) is 14.8. The molecule has 0 fully saturated rings. The molecule has 1 rings (SSSR count). The van der Waals surface area contributed by atoms with Gasteiger partial charge in [-0.05, 0) is 12.1 Å².